The van der Waals surface area contributed by atoms with Gasteiger partial charge in [0.05, 0.1) is 17.6 Å². The molecule has 8 nitrogen and oxygen atoms in total. The highest BCUT2D eigenvalue weighted by atomic mass is 19.1. The molecule has 2 aliphatic rings. The summed E-state index contributed by atoms with van der Waals surface area (Å²) in [5.41, 5.74) is 4.42. The first kappa shape index (κ1) is 23.9. The lowest BCUT2D eigenvalue weighted by molar-refractivity contribution is -0.385. The van der Waals surface area contributed by atoms with E-state index in [-0.39, 0.29) is 30.8 Å². The smallest absolute Gasteiger partial charge is 0.270 e. The highest BCUT2D eigenvalue weighted by Gasteiger charge is 2.33. The number of nitro benzene ring substituents is 1. The Bertz CT molecular complexity index is 1280. The van der Waals surface area contributed by atoms with Gasteiger partial charge >= 0.3 is 0 Å². The molecule has 1 unspecified atom stereocenters. The first-order valence-corrected chi connectivity index (χ1v) is 11.8. The number of fused-ring (bicyclic) bond motifs is 2. The Morgan fingerprint density at radius 2 is 1.89 bits per heavy atom. The fraction of sp³-hybridized carbons (Fsp3) is 0.296. The van der Waals surface area contributed by atoms with Crippen LogP contribution in [0.5, 0.6) is 5.75 Å². The maximum Gasteiger partial charge on any atom is 0.270 e. The van der Waals surface area contributed by atoms with E-state index in [4.69, 9.17) is 9.47 Å². The molecule has 2 aliphatic heterocycles. The average molecular weight is 492 g/mol. The minimum Gasteiger partial charge on any atom is -0.467 e. The van der Waals surface area contributed by atoms with Crippen molar-refractivity contribution in [3.05, 3.63) is 104 Å². The van der Waals surface area contributed by atoms with Crippen molar-refractivity contribution in [2.75, 3.05) is 13.3 Å². The van der Waals surface area contributed by atoms with Gasteiger partial charge in [0.2, 0.25) is 5.91 Å². The monoisotopic (exact) mass is 491 g/mol. The molecule has 3 aromatic carbocycles. The molecule has 1 N–H and O–H groups in total. The first-order valence-electron chi connectivity index (χ1n) is 11.8. The van der Waals surface area contributed by atoms with Crippen LogP contribution in [0.3, 0.4) is 0 Å². The van der Waals surface area contributed by atoms with Crippen LogP contribution in [0.4, 0.5) is 10.1 Å². The van der Waals surface area contributed by atoms with Crippen LogP contribution < -0.4 is 10.1 Å². The Hall–Kier alpha value is -3.82. The summed E-state index contributed by atoms with van der Waals surface area (Å²) >= 11 is 0. The Morgan fingerprint density at radius 1 is 1.11 bits per heavy atom. The third kappa shape index (κ3) is 5.22. The molecule has 186 valence electrons. The van der Waals surface area contributed by atoms with Crippen LogP contribution in [0.1, 0.15) is 27.8 Å². The van der Waals surface area contributed by atoms with E-state index in [1.807, 2.05) is 29.2 Å². The zero-order valence-electron chi connectivity index (χ0n) is 19.6. The number of carbonyl (C=O) groups excluding carboxylic acids is 1. The van der Waals surface area contributed by atoms with Crippen LogP contribution in [-0.4, -0.2) is 35.1 Å². The number of non-ortho nitro benzene ring substituents is 1. The normalized spacial score (nSPS) is 17.0. The molecule has 0 aliphatic carbocycles. The lowest BCUT2D eigenvalue weighted by Gasteiger charge is -2.36. The lowest BCUT2D eigenvalue weighted by atomic mass is 9.92. The fourth-order valence-electron chi connectivity index (χ4n) is 4.82. The molecule has 0 fully saturated rings. The van der Waals surface area contributed by atoms with Crippen molar-refractivity contribution in [3.63, 3.8) is 0 Å². The van der Waals surface area contributed by atoms with Crippen molar-refractivity contribution in [2.45, 2.75) is 38.6 Å². The van der Waals surface area contributed by atoms with Crippen LogP contribution in [0.15, 0.2) is 60.7 Å². The number of amides is 1. The van der Waals surface area contributed by atoms with E-state index in [0.717, 1.165) is 16.7 Å². The number of rotatable bonds is 7. The molecule has 1 amide bonds. The van der Waals surface area contributed by atoms with E-state index in [9.17, 15) is 19.3 Å². The lowest BCUT2D eigenvalue weighted by Crippen LogP contribution is -2.50. The maximum absolute atomic E-state index is 13.3. The van der Waals surface area contributed by atoms with Crippen molar-refractivity contribution in [3.8, 4) is 5.75 Å². The molecular weight excluding hydrogens is 465 g/mol. The second-order valence-electron chi connectivity index (χ2n) is 9.02. The number of ether oxygens (including phenoxy) is 2. The maximum atomic E-state index is 13.3. The van der Waals surface area contributed by atoms with Gasteiger partial charge in [-0.2, -0.15) is 0 Å². The van der Waals surface area contributed by atoms with Crippen LogP contribution in [0.25, 0.3) is 0 Å². The number of carbonyl (C=O) groups is 1. The molecule has 0 radical (unpaired) electrons. The molecule has 3 aromatic rings. The summed E-state index contributed by atoms with van der Waals surface area (Å²) in [7, 11) is 0. The van der Waals surface area contributed by atoms with Gasteiger partial charge in [0.15, 0.2) is 6.79 Å². The number of benzene rings is 3. The second-order valence-corrected chi connectivity index (χ2v) is 9.02. The molecule has 9 heteroatoms. The topological polar surface area (TPSA) is 93.9 Å². The number of nitrogens with zero attached hydrogens (tertiary/aromatic N) is 2. The fourth-order valence-corrected chi connectivity index (χ4v) is 4.82. The third-order valence-electron chi connectivity index (χ3n) is 6.63. The van der Waals surface area contributed by atoms with E-state index in [1.165, 1.54) is 24.3 Å². The molecule has 0 aromatic heterocycles. The Balaban J connectivity index is 1.37. The first-order chi connectivity index (χ1) is 17.5. The number of hydrogen-bond acceptors (Lipinski definition) is 6. The van der Waals surface area contributed by atoms with E-state index in [2.05, 4.69) is 5.32 Å². The molecule has 2 heterocycles. The zero-order chi connectivity index (χ0) is 25.1. The largest absolute Gasteiger partial charge is 0.467 e. The molecule has 0 saturated carbocycles. The molecule has 0 saturated heterocycles. The second kappa shape index (κ2) is 10.4. The molecular formula is C27H26FN3O5. The predicted octanol–water partition coefficient (Wildman–Crippen LogP) is 3.89. The minimum atomic E-state index is -0.456. The van der Waals surface area contributed by atoms with Gasteiger partial charge in [-0.25, -0.2) is 4.39 Å². The summed E-state index contributed by atoms with van der Waals surface area (Å²) in [6, 6.07) is 16.8. The quantitative estimate of drug-likeness (QED) is 0.398. The summed E-state index contributed by atoms with van der Waals surface area (Å²) < 4.78 is 24.2. The Morgan fingerprint density at radius 3 is 2.67 bits per heavy atom. The summed E-state index contributed by atoms with van der Waals surface area (Å²) in [4.78, 5) is 26.5. The van der Waals surface area contributed by atoms with Crippen LogP contribution in [-0.2, 0) is 42.1 Å². The number of nitro groups is 1. The van der Waals surface area contributed by atoms with Gasteiger partial charge in [-0.05, 0) is 41.7 Å². The molecule has 0 spiro atoms. The van der Waals surface area contributed by atoms with Gasteiger partial charge in [0.1, 0.15) is 11.6 Å². The number of nitrogens with one attached hydrogen (secondary N) is 1. The molecule has 5 rings (SSSR count). The molecule has 0 bridgehead atoms. The van der Waals surface area contributed by atoms with Crippen molar-refractivity contribution < 1.29 is 23.6 Å². The van der Waals surface area contributed by atoms with Gasteiger partial charge in [-0.3, -0.25) is 19.8 Å². The van der Waals surface area contributed by atoms with Gasteiger partial charge in [-0.1, -0.05) is 36.4 Å². The predicted molar refractivity (Wildman–Crippen MR) is 130 cm³/mol. The summed E-state index contributed by atoms with van der Waals surface area (Å²) in [6.45, 7) is 1.58. The number of hydrogen-bond donors (Lipinski definition) is 1. The van der Waals surface area contributed by atoms with E-state index in [1.54, 1.807) is 12.1 Å². The molecule has 1 atom stereocenters. The molecule has 36 heavy (non-hydrogen) atoms. The van der Waals surface area contributed by atoms with Crippen molar-refractivity contribution >= 4 is 11.6 Å². The Kier molecular flexibility index (Phi) is 6.92. The highest BCUT2D eigenvalue weighted by Crippen LogP contribution is 2.35. The Labute approximate surface area is 207 Å². The van der Waals surface area contributed by atoms with Crippen LogP contribution in [0, 0.1) is 15.9 Å². The SMILES string of the molecule is O=C(NCCc1ccc(F)cc1)C1Cc2ccccc2CN1Cc1cc([N+](=O)[O-])cc2c1OCOC2. The average Bonchev–Trinajstić information content (AvgIpc) is 2.89. The zero-order valence-corrected chi connectivity index (χ0v) is 19.6. The highest BCUT2D eigenvalue weighted by molar-refractivity contribution is 5.82. The van der Waals surface area contributed by atoms with Gasteiger partial charge in [0.25, 0.3) is 5.69 Å². The van der Waals surface area contributed by atoms with E-state index in [0.29, 0.717) is 49.4 Å². The number of halogens is 1. The van der Waals surface area contributed by atoms with Gasteiger partial charge < -0.3 is 14.8 Å². The third-order valence-corrected chi connectivity index (χ3v) is 6.63. The van der Waals surface area contributed by atoms with E-state index < -0.39 is 11.0 Å². The van der Waals surface area contributed by atoms with E-state index >= 15 is 0 Å². The summed E-state index contributed by atoms with van der Waals surface area (Å²) in [6.07, 6.45) is 1.11. The van der Waals surface area contributed by atoms with Crippen molar-refractivity contribution in [1.29, 1.82) is 0 Å². The minimum absolute atomic E-state index is 0.0319. The van der Waals surface area contributed by atoms with Gasteiger partial charge in [-0.15, -0.1) is 0 Å². The van der Waals surface area contributed by atoms with Crippen molar-refractivity contribution in [2.24, 2.45) is 0 Å². The van der Waals surface area contributed by atoms with Crippen LogP contribution >= 0.6 is 0 Å². The van der Waals surface area contributed by atoms with Crippen LogP contribution in [0.2, 0.25) is 0 Å². The van der Waals surface area contributed by atoms with Crippen molar-refractivity contribution in [1.82, 2.24) is 10.2 Å². The summed E-state index contributed by atoms with van der Waals surface area (Å²) in [5, 5.41) is 14.6. The van der Waals surface area contributed by atoms with Gasteiger partial charge in [0, 0.05) is 42.9 Å². The summed E-state index contributed by atoms with van der Waals surface area (Å²) in [5.74, 6) is 0.175. The standard InChI is InChI=1S/C27H26FN3O5/c28-23-7-5-18(6-8-23)9-10-29-27(32)25-13-19-3-1-2-4-20(19)14-30(25)15-21-11-24(31(33)34)12-22-16-35-17-36-26(21)22/h1-8,11-12,25H,9-10,13-17H2,(H,29,32).